The molecule has 1 saturated heterocycles. The number of fused-ring (bicyclic) bond motifs is 6. The summed E-state index contributed by atoms with van der Waals surface area (Å²) in [4.78, 5) is 27.2. The van der Waals surface area contributed by atoms with Crippen LogP contribution in [0.25, 0.3) is 0 Å². The zero-order chi connectivity index (χ0) is 19.4. The Balaban J connectivity index is 1.72. The molecular weight excluding hydrogens is 376 g/mol. The van der Waals surface area contributed by atoms with E-state index in [1.165, 1.54) is 11.8 Å². The molecule has 1 aromatic carbocycles. The molecule has 28 heavy (non-hydrogen) atoms. The molecule has 4 atom stereocenters. The predicted molar refractivity (Wildman–Crippen MR) is 105 cm³/mol. The van der Waals surface area contributed by atoms with E-state index < -0.39 is 11.2 Å². The van der Waals surface area contributed by atoms with Crippen LogP contribution in [0, 0.1) is 17.3 Å². The maximum Gasteiger partial charge on any atom is 0.326 e. The summed E-state index contributed by atoms with van der Waals surface area (Å²) in [5.74, 6) is -0.144. The molecule has 4 unspecified atom stereocenters. The molecule has 1 spiro atoms. The quantitative estimate of drug-likeness (QED) is 0.425. The molecule has 3 fully saturated rings. The third-order valence-electron chi connectivity index (χ3n) is 7.18. The van der Waals surface area contributed by atoms with Gasteiger partial charge >= 0.3 is 5.97 Å². The maximum absolute atomic E-state index is 13.6. The Morgan fingerprint density at radius 2 is 1.86 bits per heavy atom. The summed E-state index contributed by atoms with van der Waals surface area (Å²) in [6, 6.07) is 7.64. The Labute approximate surface area is 169 Å². The number of esters is 1. The molecule has 5 nitrogen and oxygen atoms in total. The number of carbonyl (C=O) groups is 2. The van der Waals surface area contributed by atoms with Crippen molar-refractivity contribution in [1.82, 2.24) is 0 Å². The van der Waals surface area contributed by atoms with Crippen molar-refractivity contribution in [3.8, 4) is 5.75 Å². The monoisotopic (exact) mass is 402 g/mol. The summed E-state index contributed by atoms with van der Waals surface area (Å²) in [6.07, 6.45) is 4.40. The van der Waals surface area contributed by atoms with Gasteiger partial charge in [-0.25, -0.2) is 0 Å². The van der Waals surface area contributed by atoms with Crippen molar-refractivity contribution in [3.63, 3.8) is 0 Å². The first kappa shape index (κ1) is 18.6. The average molecular weight is 403 g/mol. The van der Waals surface area contributed by atoms with Gasteiger partial charge in [-0.1, -0.05) is 49.7 Å². The Kier molecular flexibility index (Phi) is 4.56. The molecule has 6 heteroatoms. The van der Waals surface area contributed by atoms with Gasteiger partial charge in [-0.05, 0) is 36.1 Å². The minimum absolute atomic E-state index is 0.0377. The van der Waals surface area contributed by atoms with Gasteiger partial charge in [0.1, 0.15) is 11.2 Å². The van der Waals surface area contributed by atoms with Crippen LogP contribution in [0.5, 0.6) is 5.75 Å². The van der Waals surface area contributed by atoms with Crippen LogP contribution in [0.4, 0.5) is 0 Å². The fourth-order valence-corrected chi connectivity index (χ4v) is 7.06. The third kappa shape index (κ3) is 2.40. The fourth-order valence-electron chi connectivity index (χ4n) is 6.18. The van der Waals surface area contributed by atoms with Crippen molar-refractivity contribution < 1.29 is 23.8 Å². The van der Waals surface area contributed by atoms with Crippen LogP contribution in [-0.2, 0) is 19.1 Å². The van der Waals surface area contributed by atoms with E-state index in [0.29, 0.717) is 31.1 Å². The highest BCUT2D eigenvalue weighted by Gasteiger charge is 2.71. The number of hydrogen-bond donors (Lipinski definition) is 0. The summed E-state index contributed by atoms with van der Waals surface area (Å²) < 4.78 is 18.3. The van der Waals surface area contributed by atoms with Gasteiger partial charge in [-0.2, -0.15) is 0 Å². The molecule has 2 aliphatic heterocycles. The lowest BCUT2D eigenvalue weighted by Gasteiger charge is -2.58. The molecule has 150 valence electrons. The van der Waals surface area contributed by atoms with Gasteiger partial charge in [0.25, 0.3) is 0 Å². The normalized spacial score (nSPS) is 35.6. The van der Waals surface area contributed by atoms with E-state index >= 15 is 0 Å². The molecule has 2 aliphatic carbocycles. The van der Waals surface area contributed by atoms with E-state index in [4.69, 9.17) is 14.2 Å². The van der Waals surface area contributed by atoms with Crippen LogP contribution in [0.1, 0.15) is 50.5 Å². The van der Waals surface area contributed by atoms with E-state index in [-0.39, 0.29) is 28.8 Å². The van der Waals surface area contributed by atoms with Crippen LogP contribution in [-0.4, -0.2) is 35.8 Å². The largest absolute Gasteiger partial charge is 0.425 e. The first-order valence-electron chi connectivity index (χ1n) is 10.4. The first-order valence-corrected chi connectivity index (χ1v) is 11.4. The minimum atomic E-state index is -1.14. The topological polar surface area (TPSA) is 61.8 Å². The molecule has 0 radical (unpaired) electrons. The molecule has 0 N–H and O–H groups in total. The van der Waals surface area contributed by atoms with E-state index in [1.54, 1.807) is 0 Å². The molecular formula is C22H26O5S. The van der Waals surface area contributed by atoms with Crippen molar-refractivity contribution in [2.24, 2.45) is 17.3 Å². The number of rotatable bonds is 2. The van der Waals surface area contributed by atoms with E-state index in [2.05, 4.69) is 0 Å². The molecule has 0 bridgehead atoms. The van der Waals surface area contributed by atoms with Crippen LogP contribution in [0.3, 0.4) is 0 Å². The van der Waals surface area contributed by atoms with Crippen molar-refractivity contribution in [2.45, 2.75) is 50.7 Å². The van der Waals surface area contributed by atoms with Gasteiger partial charge in [0.15, 0.2) is 5.79 Å². The highest BCUT2D eigenvalue weighted by Crippen LogP contribution is 2.66. The van der Waals surface area contributed by atoms with E-state index in [0.717, 1.165) is 31.2 Å². The molecule has 0 amide bonds. The number of ether oxygens (including phenoxy) is 3. The summed E-state index contributed by atoms with van der Waals surface area (Å²) >= 11 is 1.26. The summed E-state index contributed by atoms with van der Waals surface area (Å²) in [6.45, 7) is 3.11. The molecule has 2 heterocycles. The zero-order valence-corrected chi connectivity index (χ0v) is 17.0. The Morgan fingerprint density at radius 3 is 2.61 bits per heavy atom. The van der Waals surface area contributed by atoms with Crippen LogP contribution >= 0.6 is 11.8 Å². The standard InChI is InChI=1S/C22H26O5S/c1-2-28-20(24)22-16-9-5-4-8-15(16)21(25-11-12-26-21)13-17(22)14-7-3-6-10-18(14)27-19(22)23/h3,6-7,10,15-17H,2,4-5,8-9,11-13H2,1H3. The van der Waals surface area contributed by atoms with Crippen molar-refractivity contribution in [3.05, 3.63) is 29.8 Å². The first-order chi connectivity index (χ1) is 13.6. The summed E-state index contributed by atoms with van der Waals surface area (Å²) in [5.41, 5.74) is -0.199. The van der Waals surface area contributed by atoms with Crippen molar-refractivity contribution in [1.29, 1.82) is 0 Å². The van der Waals surface area contributed by atoms with Crippen molar-refractivity contribution >= 4 is 22.8 Å². The van der Waals surface area contributed by atoms with Crippen LogP contribution in [0.2, 0.25) is 0 Å². The number of benzene rings is 1. The molecule has 2 saturated carbocycles. The van der Waals surface area contributed by atoms with Gasteiger partial charge in [0.2, 0.25) is 5.12 Å². The third-order valence-corrected chi connectivity index (χ3v) is 8.07. The van der Waals surface area contributed by atoms with E-state index in [9.17, 15) is 9.59 Å². The molecule has 1 aromatic rings. The predicted octanol–water partition coefficient (Wildman–Crippen LogP) is 3.91. The highest BCUT2D eigenvalue weighted by molar-refractivity contribution is 8.13. The van der Waals surface area contributed by atoms with Gasteiger partial charge in [-0.15, -0.1) is 0 Å². The van der Waals surface area contributed by atoms with Gasteiger partial charge in [-0.3, -0.25) is 9.59 Å². The average Bonchev–Trinajstić information content (AvgIpc) is 3.17. The van der Waals surface area contributed by atoms with Gasteiger partial charge < -0.3 is 14.2 Å². The molecule has 0 aromatic heterocycles. The Hall–Kier alpha value is -1.37. The van der Waals surface area contributed by atoms with Crippen molar-refractivity contribution in [2.75, 3.05) is 19.0 Å². The van der Waals surface area contributed by atoms with Gasteiger partial charge in [0.05, 0.1) is 13.2 Å². The van der Waals surface area contributed by atoms with Gasteiger partial charge in [0, 0.05) is 18.3 Å². The number of para-hydroxylation sites is 1. The SMILES string of the molecule is CCSC(=O)C12C(=O)Oc3ccccc3C1CC1(OCCO1)C1CCCCC12. The molecule has 4 aliphatic rings. The fraction of sp³-hybridized carbons (Fsp3) is 0.636. The number of thioether (sulfide) groups is 1. The lowest BCUT2D eigenvalue weighted by atomic mass is 9.49. The molecule has 5 rings (SSSR count). The minimum Gasteiger partial charge on any atom is -0.425 e. The zero-order valence-electron chi connectivity index (χ0n) is 16.1. The second kappa shape index (κ2) is 6.85. The summed E-state index contributed by atoms with van der Waals surface area (Å²) in [5, 5.41) is -0.0377. The van der Waals surface area contributed by atoms with E-state index in [1.807, 2.05) is 31.2 Å². The second-order valence-electron chi connectivity index (χ2n) is 8.28. The Morgan fingerprint density at radius 1 is 1.14 bits per heavy atom. The number of carbonyl (C=O) groups excluding carboxylic acids is 2. The summed E-state index contributed by atoms with van der Waals surface area (Å²) in [7, 11) is 0. The highest BCUT2D eigenvalue weighted by atomic mass is 32.2. The Bertz CT molecular complexity index is 802. The van der Waals surface area contributed by atoms with Crippen LogP contribution < -0.4 is 4.74 Å². The number of hydrogen-bond acceptors (Lipinski definition) is 6. The smallest absolute Gasteiger partial charge is 0.326 e. The lowest BCUT2D eigenvalue weighted by molar-refractivity contribution is -0.258. The van der Waals surface area contributed by atoms with Crippen LogP contribution in [0.15, 0.2) is 24.3 Å². The lowest BCUT2D eigenvalue weighted by Crippen LogP contribution is -2.65. The second-order valence-corrected chi connectivity index (χ2v) is 9.52. The maximum atomic E-state index is 13.6.